The largest absolute Gasteiger partial charge is 0.494 e. The average Bonchev–Trinajstić information content (AvgIpc) is 2.78. The van der Waals surface area contributed by atoms with Crippen molar-refractivity contribution in [2.45, 2.75) is 26.4 Å². The fourth-order valence-electron chi connectivity index (χ4n) is 3.34. The van der Waals surface area contributed by atoms with Crippen molar-refractivity contribution in [2.24, 2.45) is 0 Å². The van der Waals surface area contributed by atoms with Gasteiger partial charge < -0.3 is 10.1 Å². The van der Waals surface area contributed by atoms with Crippen molar-refractivity contribution in [2.75, 3.05) is 17.2 Å². The van der Waals surface area contributed by atoms with E-state index < -0.39 is 10.0 Å². The zero-order valence-corrected chi connectivity index (χ0v) is 20.4. The van der Waals surface area contributed by atoms with Gasteiger partial charge in [-0.1, -0.05) is 41.9 Å². The van der Waals surface area contributed by atoms with Crippen LogP contribution in [0.15, 0.2) is 72.8 Å². The van der Waals surface area contributed by atoms with Crippen LogP contribution in [-0.2, 0) is 16.6 Å². The van der Waals surface area contributed by atoms with Gasteiger partial charge in [0.1, 0.15) is 5.75 Å². The van der Waals surface area contributed by atoms with Gasteiger partial charge in [0.05, 0.1) is 31.1 Å². The van der Waals surface area contributed by atoms with Gasteiger partial charge in [0.15, 0.2) is 0 Å². The predicted octanol–water partition coefficient (Wildman–Crippen LogP) is 5.20. The fraction of sp³-hybridized carbons (Fsp3) is 0.240. The monoisotopic (exact) mass is 486 g/mol. The minimum absolute atomic E-state index is 0.0961. The maximum atomic E-state index is 12.7. The molecule has 0 spiro atoms. The van der Waals surface area contributed by atoms with Crippen LogP contribution >= 0.6 is 11.6 Å². The van der Waals surface area contributed by atoms with Crippen LogP contribution in [-0.4, -0.2) is 27.2 Å². The van der Waals surface area contributed by atoms with Gasteiger partial charge in [0, 0.05) is 10.6 Å². The molecule has 0 aromatic heterocycles. The molecule has 0 saturated carbocycles. The van der Waals surface area contributed by atoms with E-state index >= 15 is 0 Å². The Bertz CT molecular complexity index is 1200. The number of nitrogens with zero attached hydrogens (tertiary/aromatic N) is 1. The Labute approximate surface area is 200 Å². The topological polar surface area (TPSA) is 75.7 Å². The first kappa shape index (κ1) is 24.6. The Kier molecular flexibility index (Phi) is 8.00. The second-order valence-electron chi connectivity index (χ2n) is 7.61. The molecule has 6 nitrogen and oxygen atoms in total. The molecule has 0 aliphatic carbocycles. The highest BCUT2D eigenvalue weighted by Gasteiger charge is 2.20. The van der Waals surface area contributed by atoms with E-state index in [4.69, 9.17) is 16.3 Å². The van der Waals surface area contributed by atoms with E-state index in [-0.39, 0.29) is 18.5 Å². The molecule has 3 rings (SSSR count). The maximum absolute atomic E-state index is 12.7. The lowest BCUT2D eigenvalue weighted by molar-refractivity contribution is 0.0940. The van der Waals surface area contributed by atoms with Crippen LogP contribution < -0.4 is 14.4 Å². The number of hydrogen-bond donors (Lipinski definition) is 1. The lowest BCUT2D eigenvalue weighted by Gasteiger charge is -2.23. The van der Waals surface area contributed by atoms with Crippen LogP contribution in [0.3, 0.4) is 0 Å². The molecule has 174 valence electrons. The van der Waals surface area contributed by atoms with E-state index in [1.54, 1.807) is 48.5 Å². The summed E-state index contributed by atoms with van der Waals surface area (Å²) >= 11 is 6.21. The molecular formula is C25H27ClN2O4S. The van der Waals surface area contributed by atoms with Gasteiger partial charge in [0.25, 0.3) is 5.91 Å². The second-order valence-corrected chi connectivity index (χ2v) is 9.92. The van der Waals surface area contributed by atoms with Crippen molar-refractivity contribution in [3.05, 3.63) is 94.5 Å². The molecule has 0 unspecified atom stereocenters. The molecule has 0 aliphatic heterocycles. The number of amides is 1. The van der Waals surface area contributed by atoms with E-state index in [0.717, 1.165) is 17.6 Å². The number of sulfonamides is 1. The molecule has 1 amide bonds. The Balaban J connectivity index is 1.73. The van der Waals surface area contributed by atoms with Gasteiger partial charge in [-0.05, 0) is 67.4 Å². The molecule has 0 heterocycles. The number of hydrogen-bond acceptors (Lipinski definition) is 4. The summed E-state index contributed by atoms with van der Waals surface area (Å²) in [6, 6.07) is 20.9. The summed E-state index contributed by atoms with van der Waals surface area (Å²) in [7, 11) is -3.56. The van der Waals surface area contributed by atoms with Crippen LogP contribution in [0.1, 0.15) is 41.4 Å². The normalized spacial score (nSPS) is 12.1. The highest BCUT2D eigenvalue weighted by Crippen LogP contribution is 2.25. The standard InChI is InChI=1S/C25H27ClN2O4S/c1-4-32-23-15-11-19(12-16-23)18(2)27-25(29)20-9-13-22(14-10-20)28(33(3,30)31)17-21-7-5-6-8-24(21)26/h5-16,18H,4,17H2,1-3H3,(H,27,29)/t18-/m1/s1. The minimum Gasteiger partial charge on any atom is -0.494 e. The van der Waals surface area contributed by atoms with Crippen molar-refractivity contribution < 1.29 is 17.9 Å². The van der Waals surface area contributed by atoms with Crippen LogP contribution in [0, 0.1) is 0 Å². The molecule has 8 heteroatoms. The number of nitrogens with one attached hydrogen (secondary N) is 1. The molecule has 3 aromatic carbocycles. The average molecular weight is 487 g/mol. The Morgan fingerprint density at radius 1 is 1.03 bits per heavy atom. The minimum atomic E-state index is -3.56. The third kappa shape index (κ3) is 6.49. The van der Waals surface area contributed by atoms with E-state index in [2.05, 4.69) is 5.32 Å². The summed E-state index contributed by atoms with van der Waals surface area (Å²) in [6.45, 7) is 4.51. The van der Waals surface area contributed by atoms with Crippen molar-refractivity contribution in [1.29, 1.82) is 0 Å². The first-order valence-corrected chi connectivity index (χ1v) is 12.8. The maximum Gasteiger partial charge on any atom is 0.251 e. The van der Waals surface area contributed by atoms with Gasteiger partial charge in [0.2, 0.25) is 10.0 Å². The molecule has 0 aliphatic rings. The molecule has 1 atom stereocenters. The van der Waals surface area contributed by atoms with Crippen molar-refractivity contribution in [1.82, 2.24) is 5.32 Å². The van der Waals surface area contributed by atoms with E-state index in [1.165, 1.54) is 4.31 Å². The molecular weight excluding hydrogens is 460 g/mol. The smallest absolute Gasteiger partial charge is 0.251 e. The number of carbonyl (C=O) groups is 1. The number of rotatable bonds is 9. The summed E-state index contributed by atoms with van der Waals surface area (Å²) in [5.41, 5.74) is 2.53. The molecule has 33 heavy (non-hydrogen) atoms. The number of carbonyl (C=O) groups excluding carboxylic acids is 1. The first-order chi connectivity index (χ1) is 15.7. The summed E-state index contributed by atoms with van der Waals surface area (Å²) in [5.74, 6) is 0.530. The quantitative estimate of drug-likeness (QED) is 0.451. The molecule has 0 fully saturated rings. The SMILES string of the molecule is CCOc1ccc([C@@H](C)NC(=O)c2ccc(N(Cc3ccccc3Cl)S(C)(=O)=O)cc2)cc1. The Morgan fingerprint density at radius 2 is 1.67 bits per heavy atom. The third-order valence-electron chi connectivity index (χ3n) is 5.13. The van der Waals surface area contributed by atoms with E-state index in [1.807, 2.05) is 38.1 Å². The lowest BCUT2D eigenvalue weighted by atomic mass is 10.1. The number of benzene rings is 3. The van der Waals surface area contributed by atoms with Gasteiger partial charge >= 0.3 is 0 Å². The Morgan fingerprint density at radius 3 is 2.24 bits per heavy atom. The van der Waals surface area contributed by atoms with Crippen molar-refractivity contribution in [3.63, 3.8) is 0 Å². The molecule has 1 N–H and O–H groups in total. The zero-order chi connectivity index (χ0) is 24.0. The molecule has 0 radical (unpaired) electrons. The van der Waals surface area contributed by atoms with Crippen LogP contribution in [0.25, 0.3) is 0 Å². The molecule has 3 aromatic rings. The van der Waals surface area contributed by atoms with Crippen molar-refractivity contribution >= 4 is 33.2 Å². The number of ether oxygens (including phenoxy) is 1. The van der Waals surface area contributed by atoms with Gasteiger partial charge in [-0.3, -0.25) is 9.10 Å². The highest BCUT2D eigenvalue weighted by molar-refractivity contribution is 7.92. The fourth-order valence-corrected chi connectivity index (χ4v) is 4.42. The second kappa shape index (κ2) is 10.7. The van der Waals surface area contributed by atoms with E-state index in [0.29, 0.717) is 28.4 Å². The molecule has 0 bridgehead atoms. The third-order valence-corrected chi connectivity index (χ3v) is 6.64. The number of anilines is 1. The van der Waals surface area contributed by atoms with Crippen LogP contribution in [0.4, 0.5) is 5.69 Å². The van der Waals surface area contributed by atoms with Gasteiger partial charge in [-0.25, -0.2) is 8.42 Å². The number of halogens is 1. The summed E-state index contributed by atoms with van der Waals surface area (Å²) in [6.07, 6.45) is 1.14. The van der Waals surface area contributed by atoms with Crippen LogP contribution in [0.2, 0.25) is 5.02 Å². The van der Waals surface area contributed by atoms with Gasteiger partial charge in [-0.15, -0.1) is 0 Å². The van der Waals surface area contributed by atoms with Crippen molar-refractivity contribution in [3.8, 4) is 5.75 Å². The summed E-state index contributed by atoms with van der Waals surface area (Å²) < 4.78 is 31.6. The zero-order valence-electron chi connectivity index (χ0n) is 18.8. The van der Waals surface area contributed by atoms with Gasteiger partial charge in [-0.2, -0.15) is 0 Å². The summed E-state index contributed by atoms with van der Waals surface area (Å²) in [5, 5.41) is 3.45. The Hall–Kier alpha value is -3.03. The molecule has 0 saturated heterocycles. The lowest BCUT2D eigenvalue weighted by Crippen LogP contribution is -2.30. The first-order valence-electron chi connectivity index (χ1n) is 10.5. The van der Waals surface area contributed by atoms with Crippen LogP contribution in [0.5, 0.6) is 5.75 Å². The predicted molar refractivity (Wildman–Crippen MR) is 132 cm³/mol. The highest BCUT2D eigenvalue weighted by atomic mass is 35.5. The van der Waals surface area contributed by atoms with E-state index in [9.17, 15) is 13.2 Å². The summed E-state index contributed by atoms with van der Waals surface area (Å²) in [4.78, 5) is 12.7.